The van der Waals surface area contributed by atoms with Gasteiger partial charge in [0, 0.05) is 15.7 Å². The summed E-state index contributed by atoms with van der Waals surface area (Å²) in [6.45, 7) is -0.426. The number of hydrogen-bond donors (Lipinski definition) is 1. The zero-order chi connectivity index (χ0) is 26.5. The summed E-state index contributed by atoms with van der Waals surface area (Å²) >= 11 is 12.4. The molecule has 4 aliphatic carbocycles. The van der Waals surface area contributed by atoms with Gasteiger partial charge < -0.3 is 5.32 Å². The zero-order valence-electron chi connectivity index (χ0n) is 20.9. The normalized spacial score (nSPS) is 25.8. The van der Waals surface area contributed by atoms with Crippen LogP contribution in [0.2, 0.25) is 10.0 Å². The first-order chi connectivity index (χ1) is 18.2. The van der Waals surface area contributed by atoms with Crippen molar-refractivity contribution in [1.29, 1.82) is 0 Å². The topological polar surface area (TPSA) is 66.5 Å². The molecular formula is C30H30Cl2N2O3S. The van der Waals surface area contributed by atoms with E-state index in [4.69, 9.17) is 23.2 Å². The van der Waals surface area contributed by atoms with Gasteiger partial charge in [0.05, 0.1) is 10.6 Å². The smallest absolute Gasteiger partial charge is 0.264 e. The molecule has 0 aliphatic heterocycles. The molecule has 3 aromatic carbocycles. The van der Waals surface area contributed by atoms with Gasteiger partial charge in [-0.2, -0.15) is 0 Å². The first kappa shape index (κ1) is 25.7. The van der Waals surface area contributed by atoms with E-state index >= 15 is 0 Å². The number of sulfonamides is 1. The fraction of sp³-hybridized carbons (Fsp3) is 0.367. The molecular weight excluding hydrogens is 539 g/mol. The molecule has 5 nitrogen and oxygen atoms in total. The Morgan fingerprint density at radius 1 is 0.842 bits per heavy atom. The second-order valence-electron chi connectivity index (χ2n) is 11.3. The number of anilines is 2. The van der Waals surface area contributed by atoms with E-state index < -0.39 is 22.5 Å². The Bertz CT molecular complexity index is 1400. The molecule has 1 amide bonds. The Balaban J connectivity index is 1.22. The van der Waals surface area contributed by atoms with Crippen LogP contribution >= 0.6 is 23.2 Å². The van der Waals surface area contributed by atoms with Crippen molar-refractivity contribution < 1.29 is 13.2 Å². The lowest BCUT2D eigenvalue weighted by Gasteiger charge is -2.57. The van der Waals surface area contributed by atoms with E-state index in [1.807, 2.05) is 12.1 Å². The maximum absolute atomic E-state index is 13.6. The molecule has 0 heterocycles. The van der Waals surface area contributed by atoms with Gasteiger partial charge in [0.15, 0.2) is 0 Å². The van der Waals surface area contributed by atoms with Crippen LogP contribution in [0.5, 0.6) is 0 Å². The highest BCUT2D eigenvalue weighted by atomic mass is 35.5. The van der Waals surface area contributed by atoms with Gasteiger partial charge >= 0.3 is 0 Å². The number of carbonyl (C=O) groups is 1. The number of hydrogen-bond acceptors (Lipinski definition) is 3. The number of carbonyl (C=O) groups excluding carboxylic acids is 1. The van der Waals surface area contributed by atoms with Crippen LogP contribution in [0.1, 0.15) is 44.1 Å². The molecule has 0 unspecified atom stereocenters. The second kappa shape index (κ2) is 9.89. The van der Waals surface area contributed by atoms with Crippen LogP contribution in [-0.4, -0.2) is 20.9 Å². The molecule has 4 bridgehead atoms. The van der Waals surface area contributed by atoms with E-state index in [0.717, 1.165) is 22.1 Å². The van der Waals surface area contributed by atoms with Crippen molar-refractivity contribution in [2.75, 3.05) is 16.2 Å². The van der Waals surface area contributed by atoms with Crippen LogP contribution in [0, 0.1) is 17.8 Å². The van der Waals surface area contributed by atoms with E-state index in [1.54, 1.807) is 18.2 Å². The standard InChI is InChI=1S/C30H30Cl2N2O3S/c31-24-13-25(32)15-27(14-24)34(38(36,37)28-4-2-1-3-5-28)19-29(35)33-26-8-6-23(7-9-26)30-16-20-10-21(17-30)12-22(11-20)18-30/h1-9,13-15,20-22H,10-12,16-19H2,(H,33,35). The number of halogens is 2. The van der Waals surface area contributed by atoms with Gasteiger partial charge in [-0.3, -0.25) is 9.10 Å². The molecule has 4 saturated carbocycles. The van der Waals surface area contributed by atoms with Gasteiger partial charge in [-0.05, 0) is 110 Å². The maximum atomic E-state index is 13.6. The summed E-state index contributed by atoms with van der Waals surface area (Å²) < 4.78 is 28.1. The number of nitrogens with one attached hydrogen (secondary N) is 1. The van der Waals surface area contributed by atoms with Crippen LogP contribution in [-0.2, 0) is 20.2 Å². The third-order valence-electron chi connectivity index (χ3n) is 8.57. The predicted molar refractivity (Wildman–Crippen MR) is 152 cm³/mol. The van der Waals surface area contributed by atoms with E-state index in [2.05, 4.69) is 17.4 Å². The second-order valence-corrected chi connectivity index (χ2v) is 14.0. The van der Waals surface area contributed by atoms with Crippen LogP contribution in [0.4, 0.5) is 11.4 Å². The van der Waals surface area contributed by atoms with Crippen molar-refractivity contribution in [1.82, 2.24) is 0 Å². The van der Waals surface area contributed by atoms with E-state index in [-0.39, 0.29) is 26.0 Å². The fourth-order valence-corrected chi connectivity index (χ4v) is 9.36. The molecule has 0 spiro atoms. The highest BCUT2D eigenvalue weighted by molar-refractivity contribution is 7.92. The molecule has 0 aromatic heterocycles. The Kier molecular flexibility index (Phi) is 6.69. The van der Waals surface area contributed by atoms with Crippen molar-refractivity contribution in [3.8, 4) is 0 Å². The van der Waals surface area contributed by atoms with Crippen LogP contribution in [0.25, 0.3) is 0 Å². The van der Waals surface area contributed by atoms with Crippen molar-refractivity contribution >= 4 is 50.5 Å². The lowest BCUT2D eigenvalue weighted by Crippen LogP contribution is -2.48. The summed E-state index contributed by atoms with van der Waals surface area (Å²) in [7, 11) is -4.05. The van der Waals surface area contributed by atoms with Gasteiger partial charge in [-0.1, -0.05) is 53.5 Å². The highest BCUT2D eigenvalue weighted by Crippen LogP contribution is 2.60. The number of benzene rings is 3. The van der Waals surface area contributed by atoms with E-state index in [9.17, 15) is 13.2 Å². The molecule has 8 heteroatoms. The summed E-state index contributed by atoms with van der Waals surface area (Å²) in [5.74, 6) is 2.12. The first-order valence-corrected chi connectivity index (χ1v) is 15.3. The van der Waals surface area contributed by atoms with Gasteiger partial charge in [0.2, 0.25) is 5.91 Å². The molecule has 7 rings (SSSR count). The third-order valence-corrected chi connectivity index (χ3v) is 10.8. The molecule has 198 valence electrons. The molecule has 4 aliphatic rings. The van der Waals surface area contributed by atoms with E-state index in [1.165, 1.54) is 74.4 Å². The Labute approximate surface area is 234 Å². The lowest BCUT2D eigenvalue weighted by molar-refractivity contribution is -0.114. The summed E-state index contributed by atoms with van der Waals surface area (Å²) in [6.07, 6.45) is 8.02. The highest BCUT2D eigenvalue weighted by Gasteiger charge is 2.51. The molecule has 0 saturated heterocycles. The zero-order valence-corrected chi connectivity index (χ0v) is 23.3. The minimum absolute atomic E-state index is 0.0730. The quantitative estimate of drug-likeness (QED) is 0.325. The third kappa shape index (κ3) is 4.94. The minimum atomic E-state index is -4.05. The lowest BCUT2D eigenvalue weighted by atomic mass is 9.48. The Morgan fingerprint density at radius 2 is 1.39 bits per heavy atom. The Morgan fingerprint density at radius 3 is 1.95 bits per heavy atom. The van der Waals surface area contributed by atoms with Crippen LogP contribution in [0.3, 0.4) is 0 Å². The molecule has 0 atom stereocenters. The summed E-state index contributed by atoms with van der Waals surface area (Å²) in [4.78, 5) is 13.2. The van der Waals surface area contributed by atoms with Crippen molar-refractivity contribution in [3.63, 3.8) is 0 Å². The monoisotopic (exact) mass is 568 g/mol. The molecule has 1 N–H and O–H groups in total. The predicted octanol–water partition coefficient (Wildman–Crippen LogP) is 7.30. The molecule has 4 fully saturated rings. The largest absolute Gasteiger partial charge is 0.325 e. The fourth-order valence-electron chi connectivity index (χ4n) is 7.42. The SMILES string of the molecule is O=C(CN(c1cc(Cl)cc(Cl)c1)S(=O)(=O)c1ccccc1)Nc1ccc(C23CC4CC(CC(C4)C2)C3)cc1. The summed E-state index contributed by atoms with van der Waals surface area (Å²) in [6, 6.07) is 20.7. The van der Waals surface area contributed by atoms with Gasteiger partial charge in [0.1, 0.15) is 6.54 Å². The van der Waals surface area contributed by atoms with Gasteiger partial charge in [-0.25, -0.2) is 8.42 Å². The summed E-state index contributed by atoms with van der Waals surface area (Å²) in [5.41, 5.74) is 2.52. The number of rotatable bonds is 7. The van der Waals surface area contributed by atoms with Crippen molar-refractivity contribution in [2.45, 2.75) is 48.8 Å². The van der Waals surface area contributed by atoms with Gasteiger partial charge in [-0.15, -0.1) is 0 Å². The molecule has 3 aromatic rings. The van der Waals surface area contributed by atoms with Gasteiger partial charge in [0.25, 0.3) is 10.0 Å². The average Bonchev–Trinajstić information content (AvgIpc) is 2.87. The molecule has 38 heavy (non-hydrogen) atoms. The number of nitrogens with zero attached hydrogens (tertiary/aromatic N) is 1. The van der Waals surface area contributed by atoms with E-state index in [0.29, 0.717) is 5.69 Å². The number of amides is 1. The minimum Gasteiger partial charge on any atom is -0.325 e. The van der Waals surface area contributed by atoms with Crippen LogP contribution in [0.15, 0.2) is 77.7 Å². The first-order valence-electron chi connectivity index (χ1n) is 13.1. The Hall–Kier alpha value is -2.54. The maximum Gasteiger partial charge on any atom is 0.264 e. The summed E-state index contributed by atoms with van der Waals surface area (Å²) in [5, 5.41) is 3.44. The average molecular weight is 570 g/mol. The molecule has 0 radical (unpaired) electrons. The van der Waals surface area contributed by atoms with Crippen LogP contribution < -0.4 is 9.62 Å². The van der Waals surface area contributed by atoms with Crippen molar-refractivity contribution in [3.05, 3.63) is 88.4 Å². The van der Waals surface area contributed by atoms with Crippen molar-refractivity contribution in [2.24, 2.45) is 17.8 Å².